The largest absolute Gasteiger partial charge is 0.461 e. The lowest BCUT2D eigenvalue weighted by molar-refractivity contribution is 0.108. The molecule has 4 saturated heterocycles. The number of nitrogens with zero attached hydrogens (tertiary/aromatic N) is 5. The summed E-state index contributed by atoms with van der Waals surface area (Å²) in [5.41, 5.74) is 2.68. The molecule has 39 heavy (non-hydrogen) atoms. The Balaban J connectivity index is 1.22. The summed E-state index contributed by atoms with van der Waals surface area (Å²) in [6.45, 7) is 4.88. The topological polar surface area (TPSA) is 66.4 Å². The minimum Gasteiger partial charge on any atom is -0.461 e. The number of anilines is 1. The molecule has 0 unspecified atom stereocenters. The molecule has 2 bridgehead atoms. The lowest BCUT2D eigenvalue weighted by Crippen LogP contribution is -2.51. The molecule has 6 heterocycles. The van der Waals surface area contributed by atoms with E-state index in [1.54, 1.807) is 0 Å². The lowest BCUT2D eigenvalue weighted by Gasteiger charge is -2.34. The van der Waals surface area contributed by atoms with Gasteiger partial charge in [0.15, 0.2) is 5.65 Å². The van der Waals surface area contributed by atoms with Crippen LogP contribution in [0.25, 0.3) is 33.1 Å². The van der Waals surface area contributed by atoms with Crippen LogP contribution >= 0.6 is 11.6 Å². The van der Waals surface area contributed by atoms with Crippen molar-refractivity contribution < 1.29 is 4.74 Å². The molecule has 2 aromatic heterocycles. The van der Waals surface area contributed by atoms with Crippen molar-refractivity contribution >= 4 is 39.2 Å². The van der Waals surface area contributed by atoms with Gasteiger partial charge in [-0.05, 0) is 75.2 Å². The number of piperazine rings is 1. The first kappa shape index (κ1) is 23.9. The van der Waals surface area contributed by atoms with Gasteiger partial charge in [-0.15, -0.1) is 0 Å². The standard InChI is InChI=1S/C31H33ClN6O/c32-25-8-2-6-20-5-1-7-23(27(20)25)26-12-11-24-28(34-26)35-30(39-19-31-13-3-15-38(31)16-4-14-31)36-29(24)37-17-21-9-10-22(18-37)33-21/h1-2,5-8,11-12,21-22,33H,3-4,9-10,13-19H2/t21-,22+. The van der Waals surface area contributed by atoms with Gasteiger partial charge in [-0.1, -0.05) is 41.9 Å². The van der Waals surface area contributed by atoms with E-state index in [0.29, 0.717) is 30.3 Å². The summed E-state index contributed by atoms with van der Waals surface area (Å²) in [5, 5.41) is 7.56. The minimum atomic E-state index is 0.140. The van der Waals surface area contributed by atoms with Gasteiger partial charge in [-0.2, -0.15) is 9.97 Å². The van der Waals surface area contributed by atoms with Gasteiger partial charge in [0.25, 0.3) is 0 Å². The highest BCUT2D eigenvalue weighted by atomic mass is 35.5. The number of pyridine rings is 1. The predicted molar refractivity (Wildman–Crippen MR) is 156 cm³/mol. The zero-order valence-electron chi connectivity index (χ0n) is 22.1. The van der Waals surface area contributed by atoms with Gasteiger partial charge in [-0.25, -0.2) is 4.98 Å². The molecule has 0 spiro atoms. The smallest absolute Gasteiger partial charge is 0.320 e. The van der Waals surface area contributed by atoms with Crippen molar-refractivity contribution in [3.63, 3.8) is 0 Å². The Morgan fingerprint density at radius 1 is 0.923 bits per heavy atom. The molecule has 0 amide bonds. The molecule has 0 saturated carbocycles. The molecule has 8 heteroatoms. The van der Waals surface area contributed by atoms with Gasteiger partial charge < -0.3 is 15.0 Å². The molecule has 2 atom stereocenters. The van der Waals surface area contributed by atoms with Crippen LogP contribution in [-0.2, 0) is 0 Å². The SMILES string of the molecule is Clc1cccc2cccc(-c3ccc4c(N5C[C@H]6CC[C@@H](C5)N6)nc(OCC56CCCN5CCC6)nc4n3)c12. The van der Waals surface area contributed by atoms with E-state index in [1.807, 2.05) is 12.1 Å². The number of fused-ring (bicyclic) bond motifs is 5. The molecule has 200 valence electrons. The second-order valence-corrected chi connectivity index (χ2v) is 12.2. The summed E-state index contributed by atoms with van der Waals surface area (Å²) in [6, 6.07) is 17.9. The third-order valence-electron chi connectivity index (χ3n) is 9.45. The molecule has 7 nitrogen and oxygen atoms in total. The van der Waals surface area contributed by atoms with Crippen LogP contribution in [0, 0.1) is 0 Å². The van der Waals surface area contributed by atoms with E-state index in [9.17, 15) is 0 Å². The Hall–Kier alpha value is -3.00. The average Bonchev–Trinajstić information content (AvgIpc) is 3.64. The van der Waals surface area contributed by atoms with Crippen molar-refractivity contribution in [2.24, 2.45) is 0 Å². The Morgan fingerprint density at radius 3 is 2.49 bits per heavy atom. The maximum absolute atomic E-state index is 6.67. The van der Waals surface area contributed by atoms with Crippen LogP contribution < -0.4 is 15.0 Å². The van der Waals surface area contributed by atoms with Crippen LogP contribution in [-0.4, -0.2) is 70.3 Å². The molecule has 1 N–H and O–H groups in total. The zero-order chi connectivity index (χ0) is 26.0. The molecule has 0 aliphatic carbocycles. The van der Waals surface area contributed by atoms with Crippen molar-refractivity contribution in [3.05, 3.63) is 53.6 Å². The molecule has 4 aliphatic heterocycles. The molecular weight excluding hydrogens is 508 g/mol. The fourth-order valence-electron chi connectivity index (χ4n) is 7.57. The number of nitrogens with one attached hydrogen (secondary N) is 1. The number of rotatable bonds is 5. The van der Waals surface area contributed by atoms with Crippen molar-refractivity contribution in [2.45, 2.75) is 56.1 Å². The first-order valence-electron chi connectivity index (χ1n) is 14.4. The molecule has 8 rings (SSSR count). The van der Waals surface area contributed by atoms with Gasteiger partial charge in [0, 0.05) is 41.1 Å². The van der Waals surface area contributed by atoms with Gasteiger partial charge >= 0.3 is 6.01 Å². The molecule has 4 fully saturated rings. The number of hydrogen-bond donors (Lipinski definition) is 1. The summed E-state index contributed by atoms with van der Waals surface area (Å²) in [6.07, 6.45) is 7.31. The average molecular weight is 541 g/mol. The highest BCUT2D eigenvalue weighted by molar-refractivity contribution is 6.36. The van der Waals surface area contributed by atoms with Crippen molar-refractivity contribution in [3.8, 4) is 17.3 Å². The minimum absolute atomic E-state index is 0.140. The Bertz CT molecular complexity index is 1550. The Labute approximate surface area is 233 Å². The predicted octanol–water partition coefficient (Wildman–Crippen LogP) is 5.45. The molecule has 4 aromatic rings. The van der Waals surface area contributed by atoms with E-state index >= 15 is 0 Å². The third-order valence-corrected chi connectivity index (χ3v) is 9.76. The number of hydrogen-bond acceptors (Lipinski definition) is 7. The monoisotopic (exact) mass is 540 g/mol. The van der Waals surface area contributed by atoms with Gasteiger partial charge in [0.1, 0.15) is 12.4 Å². The van der Waals surface area contributed by atoms with E-state index in [2.05, 4.69) is 51.5 Å². The van der Waals surface area contributed by atoms with Crippen LogP contribution in [0.15, 0.2) is 48.5 Å². The fourth-order valence-corrected chi connectivity index (χ4v) is 7.85. The molecule has 2 aromatic carbocycles. The van der Waals surface area contributed by atoms with Gasteiger partial charge in [-0.3, -0.25) is 4.90 Å². The Morgan fingerprint density at radius 2 is 1.69 bits per heavy atom. The number of aromatic nitrogens is 3. The third kappa shape index (κ3) is 4.05. The fraction of sp³-hybridized carbons (Fsp3) is 0.452. The number of benzene rings is 2. The van der Waals surface area contributed by atoms with E-state index in [-0.39, 0.29) is 5.54 Å². The molecule has 0 radical (unpaired) electrons. The highest BCUT2D eigenvalue weighted by Gasteiger charge is 2.45. The quantitative estimate of drug-likeness (QED) is 0.361. The maximum Gasteiger partial charge on any atom is 0.320 e. The van der Waals surface area contributed by atoms with Crippen LogP contribution in [0.1, 0.15) is 38.5 Å². The Kier molecular flexibility index (Phi) is 5.68. The van der Waals surface area contributed by atoms with Crippen molar-refractivity contribution in [1.29, 1.82) is 0 Å². The maximum atomic E-state index is 6.67. The number of ether oxygens (including phenoxy) is 1. The summed E-state index contributed by atoms with van der Waals surface area (Å²) in [4.78, 5) is 20.1. The normalized spacial score (nSPS) is 24.1. The van der Waals surface area contributed by atoms with Crippen LogP contribution in [0.3, 0.4) is 0 Å². The van der Waals surface area contributed by atoms with Gasteiger partial charge in [0.2, 0.25) is 0 Å². The van der Waals surface area contributed by atoms with Crippen LogP contribution in [0.5, 0.6) is 6.01 Å². The van der Waals surface area contributed by atoms with E-state index < -0.39 is 0 Å². The van der Waals surface area contributed by atoms with Gasteiger partial charge in [0.05, 0.1) is 16.6 Å². The second kappa shape index (κ2) is 9.29. The van der Waals surface area contributed by atoms with Crippen molar-refractivity contribution in [1.82, 2.24) is 25.2 Å². The van der Waals surface area contributed by atoms with Crippen LogP contribution in [0.2, 0.25) is 5.02 Å². The number of halogens is 1. The first-order valence-corrected chi connectivity index (χ1v) is 14.8. The summed E-state index contributed by atoms with van der Waals surface area (Å²) < 4.78 is 6.47. The van der Waals surface area contributed by atoms with Crippen molar-refractivity contribution in [2.75, 3.05) is 37.7 Å². The molecule has 4 aliphatic rings. The molecular formula is C31H33ClN6O. The van der Waals surface area contributed by atoms with Crippen LogP contribution in [0.4, 0.5) is 5.82 Å². The first-order chi connectivity index (χ1) is 19.1. The second-order valence-electron chi connectivity index (χ2n) is 11.8. The lowest BCUT2D eigenvalue weighted by atomic mass is 9.95. The highest BCUT2D eigenvalue weighted by Crippen LogP contribution is 2.40. The summed E-state index contributed by atoms with van der Waals surface area (Å²) in [7, 11) is 0. The summed E-state index contributed by atoms with van der Waals surface area (Å²) in [5.74, 6) is 0.940. The summed E-state index contributed by atoms with van der Waals surface area (Å²) >= 11 is 6.67. The van der Waals surface area contributed by atoms with E-state index in [0.717, 1.165) is 51.3 Å². The van der Waals surface area contributed by atoms with E-state index in [4.69, 9.17) is 31.3 Å². The zero-order valence-corrected chi connectivity index (χ0v) is 22.8. The van der Waals surface area contributed by atoms with E-state index in [1.165, 1.54) is 51.6 Å².